The van der Waals surface area contributed by atoms with Gasteiger partial charge in [-0.3, -0.25) is 0 Å². The lowest BCUT2D eigenvalue weighted by molar-refractivity contribution is -0.164. The van der Waals surface area contributed by atoms with Crippen LogP contribution in [0, 0.1) is 31.4 Å². The van der Waals surface area contributed by atoms with Gasteiger partial charge in [-0.1, -0.05) is 38.1 Å². The molecule has 3 rings (SSSR count). The third-order valence-corrected chi connectivity index (χ3v) is 5.35. The van der Waals surface area contributed by atoms with E-state index >= 15 is 0 Å². The van der Waals surface area contributed by atoms with Crippen LogP contribution >= 0.6 is 0 Å². The zero-order valence-electron chi connectivity index (χ0n) is 19.6. The number of benzene rings is 2. The van der Waals surface area contributed by atoms with E-state index in [4.69, 9.17) is 9.47 Å². The van der Waals surface area contributed by atoms with E-state index < -0.39 is 29.3 Å². The smallest absolute Gasteiger partial charge is 0.348 e. The fraction of sp³-hybridized carbons (Fsp3) is 0.346. The van der Waals surface area contributed by atoms with Crippen LogP contribution in [-0.4, -0.2) is 33.8 Å². The SMILES string of the molecule is Cc1cc(C)nc(OC(C(=O)O)C(OCCC(C)C)(c2ccc(F)cc2)c2ccc(F)cc2)n1. The molecular weight excluding hydrogens is 442 g/mol. The van der Waals surface area contributed by atoms with Gasteiger partial charge in [0.05, 0.1) is 0 Å². The number of carboxylic acid groups (broad SMARTS) is 1. The van der Waals surface area contributed by atoms with Gasteiger partial charge in [0.1, 0.15) is 11.6 Å². The lowest BCUT2D eigenvalue weighted by atomic mass is 9.80. The molecule has 6 nitrogen and oxygen atoms in total. The van der Waals surface area contributed by atoms with Crippen LogP contribution in [0.25, 0.3) is 0 Å². The van der Waals surface area contributed by atoms with Crippen molar-refractivity contribution in [2.45, 2.75) is 45.8 Å². The lowest BCUT2D eigenvalue weighted by Gasteiger charge is -2.39. The van der Waals surface area contributed by atoms with Crippen molar-refractivity contribution in [1.29, 1.82) is 0 Å². The van der Waals surface area contributed by atoms with Crippen LogP contribution in [0.3, 0.4) is 0 Å². The van der Waals surface area contributed by atoms with Gasteiger partial charge in [0.15, 0.2) is 5.60 Å². The maximum atomic E-state index is 13.8. The topological polar surface area (TPSA) is 81.5 Å². The van der Waals surface area contributed by atoms with Crippen molar-refractivity contribution < 1.29 is 28.2 Å². The third-order valence-electron chi connectivity index (χ3n) is 5.35. The molecule has 0 radical (unpaired) electrons. The number of ether oxygens (including phenoxy) is 2. The van der Waals surface area contributed by atoms with Crippen molar-refractivity contribution in [3.05, 3.63) is 88.7 Å². The molecule has 0 fully saturated rings. The van der Waals surface area contributed by atoms with Gasteiger partial charge in [-0.05, 0) is 67.6 Å². The highest BCUT2D eigenvalue weighted by atomic mass is 19.1. The highest BCUT2D eigenvalue weighted by molar-refractivity contribution is 5.76. The number of hydrogen-bond acceptors (Lipinski definition) is 5. The number of rotatable bonds is 10. The van der Waals surface area contributed by atoms with E-state index in [0.29, 0.717) is 28.9 Å². The number of nitrogens with zero attached hydrogens (tertiary/aromatic N) is 2. The molecule has 2 aromatic carbocycles. The van der Waals surface area contributed by atoms with Gasteiger partial charge in [0, 0.05) is 18.0 Å². The molecule has 3 aromatic rings. The first kappa shape index (κ1) is 25.2. The Morgan fingerprint density at radius 2 is 1.41 bits per heavy atom. The van der Waals surface area contributed by atoms with E-state index in [-0.39, 0.29) is 18.5 Å². The van der Waals surface area contributed by atoms with Crippen LogP contribution in [-0.2, 0) is 15.1 Å². The molecular formula is C26H28F2N2O4. The van der Waals surface area contributed by atoms with Crippen LogP contribution < -0.4 is 4.74 Å². The Hall–Kier alpha value is -3.39. The molecule has 0 amide bonds. The number of aromatic nitrogens is 2. The quantitative estimate of drug-likeness (QED) is 0.438. The molecule has 0 aliphatic rings. The van der Waals surface area contributed by atoms with E-state index in [1.807, 2.05) is 13.8 Å². The Bertz CT molecular complexity index is 1050. The standard InChI is InChI=1S/C26H28F2N2O4/c1-16(2)13-14-33-26(19-5-9-21(27)10-6-19,20-7-11-22(28)12-8-20)23(24(31)32)34-25-29-17(3)15-18(4)30-25/h5-12,15-16,23H,13-14H2,1-4H3,(H,31,32). The molecule has 180 valence electrons. The summed E-state index contributed by atoms with van der Waals surface area (Å²) in [6.07, 6.45) is -1.05. The molecule has 0 spiro atoms. The summed E-state index contributed by atoms with van der Waals surface area (Å²) in [5.74, 6) is -2.07. The van der Waals surface area contributed by atoms with Crippen molar-refractivity contribution >= 4 is 5.97 Å². The molecule has 0 saturated heterocycles. The second-order valence-electron chi connectivity index (χ2n) is 8.55. The summed E-state index contributed by atoms with van der Waals surface area (Å²) < 4.78 is 39.9. The van der Waals surface area contributed by atoms with Gasteiger partial charge in [0.25, 0.3) is 0 Å². The van der Waals surface area contributed by atoms with Gasteiger partial charge in [0.2, 0.25) is 6.10 Å². The average molecular weight is 471 g/mol. The summed E-state index contributed by atoms with van der Waals surface area (Å²) in [7, 11) is 0. The van der Waals surface area contributed by atoms with Crippen LogP contribution in [0.15, 0.2) is 54.6 Å². The van der Waals surface area contributed by atoms with Crippen molar-refractivity contribution in [2.75, 3.05) is 6.61 Å². The highest BCUT2D eigenvalue weighted by Gasteiger charge is 2.50. The van der Waals surface area contributed by atoms with Crippen LogP contribution in [0.4, 0.5) is 8.78 Å². The van der Waals surface area contributed by atoms with Crippen molar-refractivity contribution in [3.63, 3.8) is 0 Å². The number of hydrogen-bond donors (Lipinski definition) is 1. The lowest BCUT2D eigenvalue weighted by Crippen LogP contribution is -2.51. The molecule has 1 heterocycles. The Kier molecular flexibility index (Phi) is 7.94. The number of aliphatic carboxylic acids is 1. The Morgan fingerprint density at radius 1 is 0.941 bits per heavy atom. The van der Waals surface area contributed by atoms with Gasteiger partial charge in [-0.25, -0.2) is 23.5 Å². The average Bonchev–Trinajstić information content (AvgIpc) is 2.76. The number of halogens is 2. The summed E-state index contributed by atoms with van der Waals surface area (Å²) in [6, 6.07) is 12.2. The first-order valence-corrected chi connectivity index (χ1v) is 11.0. The molecule has 0 bridgehead atoms. The summed E-state index contributed by atoms with van der Waals surface area (Å²) in [4.78, 5) is 21.1. The highest BCUT2D eigenvalue weighted by Crippen LogP contribution is 2.40. The van der Waals surface area contributed by atoms with E-state index in [1.165, 1.54) is 48.5 Å². The second-order valence-corrected chi connectivity index (χ2v) is 8.55. The molecule has 34 heavy (non-hydrogen) atoms. The fourth-order valence-corrected chi connectivity index (χ4v) is 3.72. The Balaban J connectivity index is 2.24. The largest absolute Gasteiger partial charge is 0.478 e. The summed E-state index contributed by atoms with van der Waals surface area (Å²) in [5, 5.41) is 10.3. The van der Waals surface area contributed by atoms with Gasteiger partial charge in [-0.15, -0.1) is 0 Å². The predicted molar refractivity (Wildman–Crippen MR) is 123 cm³/mol. The zero-order valence-corrected chi connectivity index (χ0v) is 19.6. The molecule has 8 heteroatoms. The molecule has 1 unspecified atom stereocenters. The second kappa shape index (κ2) is 10.7. The first-order chi connectivity index (χ1) is 16.1. The summed E-state index contributed by atoms with van der Waals surface area (Å²) in [6.45, 7) is 7.67. The third kappa shape index (κ3) is 5.75. The Labute approximate surface area is 197 Å². The van der Waals surface area contributed by atoms with Crippen LogP contribution in [0.2, 0.25) is 0 Å². The minimum Gasteiger partial charge on any atom is -0.478 e. The van der Waals surface area contributed by atoms with Crippen LogP contribution in [0.1, 0.15) is 42.8 Å². The minimum atomic E-state index is -1.75. The van der Waals surface area contributed by atoms with E-state index in [2.05, 4.69) is 9.97 Å². The fourth-order valence-electron chi connectivity index (χ4n) is 3.72. The van der Waals surface area contributed by atoms with Crippen LogP contribution in [0.5, 0.6) is 6.01 Å². The predicted octanol–water partition coefficient (Wildman–Crippen LogP) is 5.21. The summed E-state index contributed by atoms with van der Waals surface area (Å²) in [5.41, 5.74) is 0.119. The Morgan fingerprint density at radius 3 is 1.82 bits per heavy atom. The number of aryl methyl sites for hydroxylation is 2. The molecule has 1 atom stereocenters. The normalized spacial score (nSPS) is 12.6. The van der Waals surface area contributed by atoms with Crippen molar-refractivity contribution in [1.82, 2.24) is 9.97 Å². The van der Waals surface area contributed by atoms with E-state index in [9.17, 15) is 18.7 Å². The minimum absolute atomic E-state index is 0.133. The molecule has 0 aliphatic heterocycles. The molecule has 0 saturated carbocycles. The number of carboxylic acids is 1. The number of carbonyl (C=O) groups is 1. The molecule has 1 aromatic heterocycles. The summed E-state index contributed by atoms with van der Waals surface area (Å²) >= 11 is 0. The zero-order chi connectivity index (χ0) is 24.9. The first-order valence-electron chi connectivity index (χ1n) is 11.0. The maximum Gasteiger partial charge on any atom is 0.348 e. The maximum absolute atomic E-state index is 13.8. The van der Waals surface area contributed by atoms with Gasteiger partial charge in [-0.2, -0.15) is 0 Å². The monoisotopic (exact) mass is 470 g/mol. The molecule has 0 aliphatic carbocycles. The van der Waals surface area contributed by atoms with Gasteiger partial charge >= 0.3 is 12.0 Å². The molecule has 1 N–H and O–H groups in total. The van der Waals surface area contributed by atoms with E-state index in [0.717, 1.165) is 0 Å². The van der Waals surface area contributed by atoms with Gasteiger partial charge < -0.3 is 14.6 Å². The van der Waals surface area contributed by atoms with Crippen molar-refractivity contribution in [3.8, 4) is 6.01 Å². The van der Waals surface area contributed by atoms with E-state index in [1.54, 1.807) is 19.9 Å². The van der Waals surface area contributed by atoms with Crippen molar-refractivity contribution in [2.24, 2.45) is 5.92 Å².